The number of carbonyl (C=O) groups excluding carboxylic acids is 1. The topological polar surface area (TPSA) is 66.4 Å². The first-order valence-corrected chi connectivity index (χ1v) is 6.06. The molecule has 16 heavy (non-hydrogen) atoms. The SMILES string of the molecule is CC1CCC(CNC(=O)C2(C(=O)O)CC2)C1. The lowest BCUT2D eigenvalue weighted by atomic mass is 10.0. The van der Waals surface area contributed by atoms with Crippen molar-refractivity contribution >= 4 is 11.9 Å². The van der Waals surface area contributed by atoms with Gasteiger partial charge < -0.3 is 10.4 Å². The number of carbonyl (C=O) groups is 2. The second kappa shape index (κ2) is 4.07. The van der Waals surface area contributed by atoms with Gasteiger partial charge in [0.25, 0.3) is 0 Å². The minimum Gasteiger partial charge on any atom is -0.480 e. The highest BCUT2D eigenvalue weighted by molar-refractivity contribution is 6.04. The first kappa shape index (κ1) is 11.4. The van der Waals surface area contributed by atoms with Gasteiger partial charge in [0.15, 0.2) is 0 Å². The van der Waals surface area contributed by atoms with Gasteiger partial charge in [-0.05, 0) is 37.5 Å². The van der Waals surface area contributed by atoms with E-state index >= 15 is 0 Å². The molecule has 2 aliphatic carbocycles. The summed E-state index contributed by atoms with van der Waals surface area (Å²) in [6.07, 6.45) is 4.52. The van der Waals surface area contributed by atoms with Crippen molar-refractivity contribution in [2.24, 2.45) is 17.3 Å². The third-order valence-electron chi connectivity index (χ3n) is 3.95. The van der Waals surface area contributed by atoms with Crippen LogP contribution >= 0.6 is 0 Å². The molecule has 2 N–H and O–H groups in total. The van der Waals surface area contributed by atoms with Crippen LogP contribution in [0.15, 0.2) is 0 Å². The van der Waals surface area contributed by atoms with Gasteiger partial charge in [0.2, 0.25) is 5.91 Å². The standard InChI is InChI=1S/C12H19NO3/c1-8-2-3-9(6-8)7-13-10(14)12(4-5-12)11(15)16/h8-9H,2-7H2,1H3,(H,13,14)(H,15,16). The number of carboxylic acid groups (broad SMARTS) is 1. The third kappa shape index (κ3) is 2.06. The highest BCUT2D eigenvalue weighted by atomic mass is 16.4. The second-order valence-electron chi connectivity index (χ2n) is 5.38. The Morgan fingerprint density at radius 1 is 1.38 bits per heavy atom. The summed E-state index contributed by atoms with van der Waals surface area (Å²) < 4.78 is 0. The fraction of sp³-hybridized carbons (Fsp3) is 0.833. The van der Waals surface area contributed by atoms with Crippen molar-refractivity contribution in [3.63, 3.8) is 0 Å². The summed E-state index contributed by atoms with van der Waals surface area (Å²) in [7, 11) is 0. The summed E-state index contributed by atoms with van der Waals surface area (Å²) in [5.74, 6) is 0.0455. The minimum atomic E-state index is -1.08. The molecule has 0 saturated heterocycles. The van der Waals surface area contributed by atoms with E-state index in [-0.39, 0.29) is 5.91 Å². The lowest BCUT2D eigenvalue weighted by molar-refractivity contribution is -0.149. The van der Waals surface area contributed by atoms with Crippen molar-refractivity contribution in [2.45, 2.75) is 39.0 Å². The van der Waals surface area contributed by atoms with Crippen molar-refractivity contribution in [2.75, 3.05) is 6.54 Å². The number of amides is 1. The molecule has 4 heteroatoms. The average molecular weight is 225 g/mol. The molecule has 0 aromatic rings. The van der Waals surface area contributed by atoms with E-state index in [4.69, 9.17) is 5.11 Å². The Bertz CT molecular complexity index is 309. The van der Waals surface area contributed by atoms with Crippen LogP contribution in [0.2, 0.25) is 0 Å². The van der Waals surface area contributed by atoms with Crippen LogP contribution in [0.4, 0.5) is 0 Å². The van der Waals surface area contributed by atoms with Crippen LogP contribution in [0.1, 0.15) is 39.0 Å². The molecule has 2 rings (SSSR count). The Morgan fingerprint density at radius 3 is 2.50 bits per heavy atom. The Kier molecular flexibility index (Phi) is 2.91. The van der Waals surface area contributed by atoms with Gasteiger partial charge in [0, 0.05) is 6.54 Å². The van der Waals surface area contributed by atoms with Crippen LogP contribution < -0.4 is 5.32 Å². The smallest absolute Gasteiger partial charge is 0.319 e. The maximum Gasteiger partial charge on any atom is 0.319 e. The lowest BCUT2D eigenvalue weighted by Gasteiger charge is -2.14. The molecule has 0 heterocycles. The van der Waals surface area contributed by atoms with Crippen molar-refractivity contribution in [1.82, 2.24) is 5.32 Å². The van der Waals surface area contributed by atoms with Gasteiger partial charge in [-0.25, -0.2) is 0 Å². The van der Waals surface area contributed by atoms with Crippen LogP contribution in [-0.4, -0.2) is 23.5 Å². The number of rotatable bonds is 4. The van der Waals surface area contributed by atoms with Crippen molar-refractivity contribution in [3.8, 4) is 0 Å². The molecule has 90 valence electrons. The van der Waals surface area contributed by atoms with Crippen LogP contribution in [0.5, 0.6) is 0 Å². The molecule has 4 nitrogen and oxygen atoms in total. The number of aliphatic carboxylic acids is 1. The predicted molar refractivity (Wildman–Crippen MR) is 58.8 cm³/mol. The normalized spacial score (nSPS) is 31.1. The zero-order chi connectivity index (χ0) is 11.8. The molecule has 2 saturated carbocycles. The summed E-state index contributed by atoms with van der Waals surface area (Å²) in [5, 5.41) is 11.8. The Balaban J connectivity index is 1.78. The maximum absolute atomic E-state index is 11.7. The summed E-state index contributed by atoms with van der Waals surface area (Å²) >= 11 is 0. The van der Waals surface area contributed by atoms with Crippen LogP contribution in [0, 0.1) is 17.3 Å². The molecule has 0 radical (unpaired) electrons. The third-order valence-corrected chi connectivity index (χ3v) is 3.95. The second-order valence-corrected chi connectivity index (χ2v) is 5.38. The van der Waals surface area contributed by atoms with E-state index in [1.165, 1.54) is 6.42 Å². The van der Waals surface area contributed by atoms with E-state index in [1.807, 2.05) is 0 Å². The summed E-state index contributed by atoms with van der Waals surface area (Å²) in [6, 6.07) is 0. The molecular weight excluding hydrogens is 206 g/mol. The van der Waals surface area contributed by atoms with Gasteiger partial charge in [-0.3, -0.25) is 9.59 Å². The molecular formula is C12H19NO3. The van der Waals surface area contributed by atoms with Gasteiger partial charge in [-0.2, -0.15) is 0 Å². The average Bonchev–Trinajstić information content (AvgIpc) is 2.95. The van der Waals surface area contributed by atoms with Gasteiger partial charge in [0.05, 0.1) is 0 Å². The Labute approximate surface area is 95.4 Å². The van der Waals surface area contributed by atoms with Crippen LogP contribution in [0.25, 0.3) is 0 Å². The van der Waals surface area contributed by atoms with E-state index in [9.17, 15) is 9.59 Å². The fourth-order valence-electron chi connectivity index (χ4n) is 2.58. The number of carboxylic acids is 1. The van der Waals surface area contributed by atoms with Gasteiger partial charge in [0.1, 0.15) is 5.41 Å². The van der Waals surface area contributed by atoms with Gasteiger partial charge >= 0.3 is 5.97 Å². The quantitative estimate of drug-likeness (QED) is 0.711. The zero-order valence-corrected chi connectivity index (χ0v) is 9.66. The van der Waals surface area contributed by atoms with Crippen molar-refractivity contribution in [3.05, 3.63) is 0 Å². The predicted octanol–water partition coefficient (Wildman–Crippen LogP) is 1.40. The van der Waals surface area contributed by atoms with E-state index in [0.29, 0.717) is 25.3 Å². The zero-order valence-electron chi connectivity index (χ0n) is 9.66. The van der Waals surface area contributed by atoms with Crippen LogP contribution in [0.3, 0.4) is 0 Å². The molecule has 0 aromatic carbocycles. The van der Waals surface area contributed by atoms with Crippen LogP contribution in [-0.2, 0) is 9.59 Å². The first-order chi connectivity index (χ1) is 7.54. The highest BCUT2D eigenvalue weighted by Crippen LogP contribution is 2.46. The van der Waals surface area contributed by atoms with E-state index in [1.54, 1.807) is 0 Å². The van der Waals surface area contributed by atoms with E-state index < -0.39 is 11.4 Å². The monoisotopic (exact) mass is 225 g/mol. The first-order valence-electron chi connectivity index (χ1n) is 6.06. The van der Waals surface area contributed by atoms with Gasteiger partial charge in [-0.1, -0.05) is 13.3 Å². The molecule has 0 aromatic heterocycles. The van der Waals surface area contributed by atoms with Gasteiger partial charge in [-0.15, -0.1) is 0 Å². The summed E-state index contributed by atoms with van der Waals surface area (Å²) in [4.78, 5) is 22.6. The lowest BCUT2D eigenvalue weighted by Crippen LogP contribution is -2.39. The van der Waals surface area contributed by atoms with E-state index in [0.717, 1.165) is 18.8 Å². The summed E-state index contributed by atoms with van der Waals surface area (Å²) in [6.45, 7) is 2.87. The number of hydrogen-bond donors (Lipinski definition) is 2. The Morgan fingerprint density at radius 2 is 2.06 bits per heavy atom. The molecule has 2 aliphatic rings. The molecule has 0 aliphatic heterocycles. The molecule has 2 atom stereocenters. The molecule has 0 bridgehead atoms. The molecule has 2 fully saturated rings. The van der Waals surface area contributed by atoms with E-state index in [2.05, 4.69) is 12.2 Å². The minimum absolute atomic E-state index is 0.278. The number of nitrogens with one attached hydrogen (secondary N) is 1. The van der Waals surface area contributed by atoms with Crippen molar-refractivity contribution < 1.29 is 14.7 Å². The maximum atomic E-state index is 11.7. The summed E-state index contributed by atoms with van der Waals surface area (Å²) in [5.41, 5.74) is -1.08. The molecule has 1 amide bonds. The Hall–Kier alpha value is -1.06. The fourth-order valence-corrected chi connectivity index (χ4v) is 2.58. The largest absolute Gasteiger partial charge is 0.480 e. The number of hydrogen-bond acceptors (Lipinski definition) is 2. The van der Waals surface area contributed by atoms with Crippen molar-refractivity contribution in [1.29, 1.82) is 0 Å². The molecule has 2 unspecified atom stereocenters. The highest BCUT2D eigenvalue weighted by Gasteiger charge is 2.57. The molecule has 0 spiro atoms.